The zero-order chi connectivity index (χ0) is 10.6. The van der Waals surface area contributed by atoms with Crippen LogP contribution in [0.3, 0.4) is 0 Å². The van der Waals surface area contributed by atoms with Crippen molar-refractivity contribution >= 4 is 13.1 Å². The SMILES string of the molecule is O=C(O)[C@@H]1CNCC(CCB(O)O)C1. The molecular formula is C8H16BNO4. The first-order valence-electron chi connectivity index (χ1n) is 4.89. The Morgan fingerprint density at radius 3 is 2.71 bits per heavy atom. The number of carbonyl (C=O) groups is 1. The van der Waals surface area contributed by atoms with E-state index in [0.29, 0.717) is 25.7 Å². The van der Waals surface area contributed by atoms with Crippen LogP contribution >= 0.6 is 0 Å². The van der Waals surface area contributed by atoms with Crippen LogP contribution in [0.1, 0.15) is 12.8 Å². The Morgan fingerprint density at radius 1 is 1.43 bits per heavy atom. The molecule has 1 aliphatic rings. The molecule has 1 saturated heterocycles. The van der Waals surface area contributed by atoms with Gasteiger partial charge in [-0.15, -0.1) is 0 Å². The van der Waals surface area contributed by atoms with Crippen LogP contribution in [0.4, 0.5) is 0 Å². The largest absolute Gasteiger partial charge is 0.481 e. The highest BCUT2D eigenvalue weighted by molar-refractivity contribution is 6.40. The van der Waals surface area contributed by atoms with Crippen LogP contribution in [0.25, 0.3) is 0 Å². The second-order valence-corrected chi connectivity index (χ2v) is 3.85. The summed E-state index contributed by atoms with van der Waals surface area (Å²) in [6.45, 7) is 1.30. The van der Waals surface area contributed by atoms with Gasteiger partial charge in [-0.2, -0.15) is 0 Å². The second-order valence-electron chi connectivity index (χ2n) is 3.85. The molecule has 0 aromatic carbocycles. The molecule has 1 heterocycles. The van der Waals surface area contributed by atoms with Crippen molar-refractivity contribution in [2.24, 2.45) is 11.8 Å². The van der Waals surface area contributed by atoms with Gasteiger partial charge in [0, 0.05) is 6.54 Å². The van der Waals surface area contributed by atoms with Crippen molar-refractivity contribution in [3.8, 4) is 0 Å². The lowest BCUT2D eigenvalue weighted by atomic mass is 9.78. The molecule has 5 nitrogen and oxygen atoms in total. The molecule has 1 unspecified atom stereocenters. The smallest absolute Gasteiger partial charge is 0.451 e. The van der Waals surface area contributed by atoms with E-state index in [1.807, 2.05) is 0 Å². The van der Waals surface area contributed by atoms with Gasteiger partial charge in [0.25, 0.3) is 0 Å². The molecule has 0 aromatic heterocycles. The number of hydrogen-bond acceptors (Lipinski definition) is 4. The number of piperidine rings is 1. The van der Waals surface area contributed by atoms with Crippen LogP contribution in [0.2, 0.25) is 6.32 Å². The van der Waals surface area contributed by atoms with Crippen molar-refractivity contribution in [3.05, 3.63) is 0 Å². The highest BCUT2D eigenvalue weighted by atomic mass is 16.4. The molecule has 0 aromatic rings. The van der Waals surface area contributed by atoms with Crippen molar-refractivity contribution in [2.75, 3.05) is 13.1 Å². The molecular weight excluding hydrogens is 185 g/mol. The second kappa shape index (κ2) is 5.33. The van der Waals surface area contributed by atoms with Crippen LogP contribution in [0.15, 0.2) is 0 Å². The fourth-order valence-electron chi connectivity index (χ4n) is 1.82. The molecule has 1 aliphatic heterocycles. The highest BCUT2D eigenvalue weighted by Gasteiger charge is 2.27. The molecule has 14 heavy (non-hydrogen) atoms. The van der Waals surface area contributed by atoms with E-state index in [4.69, 9.17) is 15.2 Å². The average molecular weight is 201 g/mol. The Kier molecular flexibility index (Phi) is 4.38. The number of hydrogen-bond donors (Lipinski definition) is 4. The topological polar surface area (TPSA) is 89.8 Å². The molecule has 2 atom stereocenters. The molecule has 0 bridgehead atoms. The van der Waals surface area contributed by atoms with Crippen LogP contribution in [0.5, 0.6) is 0 Å². The first-order chi connectivity index (χ1) is 6.59. The summed E-state index contributed by atoms with van der Waals surface area (Å²) in [5.41, 5.74) is 0. The molecule has 0 aliphatic carbocycles. The molecule has 1 rings (SSSR count). The van der Waals surface area contributed by atoms with Gasteiger partial charge in [-0.3, -0.25) is 4.79 Å². The van der Waals surface area contributed by atoms with Gasteiger partial charge in [0.05, 0.1) is 5.92 Å². The summed E-state index contributed by atoms with van der Waals surface area (Å²) in [5, 5.41) is 29.2. The third-order valence-electron chi connectivity index (χ3n) is 2.62. The summed E-state index contributed by atoms with van der Waals surface area (Å²) >= 11 is 0. The molecule has 0 radical (unpaired) electrons. The van der Waals surface area contributed by atoms with Crippen molar-refractivity contribution in [1.82, 2.24) is 5.32 Å². The van der Waals surface area contributed by atoms with Crippen molar-refractivity contribution < 1.29 is 19.9 Å². The van der Waals surface area contributed by atoms with Gasteiger partial charge in [-0.05, 0) is 25.2 Å². The molecule has 0 saturated carbocycles. The Morgan fingerprint density at radius 2 is 2.14 bits per heavy atom. The summed E-state index contributed by atoms with van der Waals surface area (Å²) in [6, 6.07) is 0. The molecule has 4 N–H and O–H groups in total. The Labute approximate surface area is 83.3 Å². The monoisotopic (exact) mass is 201 g/mol. The third-order valence-corrected chi connectivity index (χ3v) is 2.62. The summed E-state index contributed by atoms with van der Waals surface area (Å²) in [6.07, 6.45) is 1.61. The number of rotatable bonds is 4. The van der Waals surface area contributed by atoms with Gasteiger partial charge < -0.3 is 20.5 Å². The maximum absolute atomic E-state index is 10.7. The van der Waals surface area contributed by atoms with Gasteiger partial charge in [0.1, 0.15) is 0 Å². The molecule has 1 fully saturated rings. The van der Waals surface area contributed by atoms with E-state index in [9.17, 15) is 4.79 Å². The number of carboxylic acid groups (broad SMARTS) is 1. The summed E-state index contributed by atoms with van der Waals surface area (Å²) in [5.74, 6) is -0.858. The minimum Gasteiger partial charge on any atom is -0.481 e. The first kappa shape index (κ1) is 11.5. The van der Waals surface area contributed by atoms with E-state index < -0.39 is 13.1 Å². The van der Waals surface area contributed by atoms with Gasteiger partial charge in [-0.25, -0.2) is 0 Å². The van der Waals surface area contributed by atoms with Crippen molar-refractivity contribution in [3.63, 3.8) is 0 Å². The summed E-state index contributed by atoms with van der Waals surface area (Å²) in [4.78, 5) is 10.7. The Balaban J connectivity index is 2.29. The van der Waals surface area contributed by atoms with Crippen LogP contribution in [-0.2, 0) is 4.79 Å². The Hall–Kier alpha value is -0.585. The van der Waals surface area contributed by atoms with Crippen molar-refractivity contribution in [2.45, 2.75) is 19.2 Å². The predicted octanol–water partition coefficient (Wildman–Crippen LogP) is -0.840. The zero-order valence-corrected chi connectivity index (χ0v) is 8.02. The van der Waals surface area contributed by atoms with E-state index in [1.54, 1.807) is 0 Å². The fraction of sp³-hybridized carbons (Fsp3) is 0.875. The van der Waals surface area contributed by atoms with Crippen LogP contribution in [-0.4, -0.2) is 41.3 Å². The number of carboxylic acids is 1. The molecule has 0 spiro atoms. The molecule has 0 amide bonds. The van der Waals surface area contributed by atoms with Crippen LogP contribution < -0.4 is 5.32 Å². The standard InChI is InChI=1S/C8H16BNO4/c11-8(12)7-3-6(4-10-5-7)1-2-9(13)14/h6-7,10,13-14H,1-5H2,(H,11,12)/t6?,7-/m0/s1. The maximum Gasteiger partial charge on any atom is 0.451 e. The third kappa shape index (κ3) is 3.65. The van der Waals surface area contributed by atoms with Crippen LogP contribution in [0, 0.1) is 11.8 Å². The van der Waals surface area contributed by atoms with Gasteiger partial charge in [-0.1, -0.05) is 6.42 Å². The Bertz CT molecular complexity index is 200. The van der Waals surface area contributed by atoms with E-state index in [1.165, 1.54) is 0 Å². The van der Waals surface area contributed by atoms with Gasteiger partial charge in [0.15, 0.2) is 0 Å². The summed E-state index contributed by atoms with van der Waals surface area (Å²) < 4.78 is 0. The zero-order valence-electron chi connectivity index (χ0n) is 8.02. The van der Waals surface area contributed by atoms with E-state index in [-0.39, 0.29) is 11.8 Å². The highest BCUT2D eigenvalue weighted by Crippen LogP contribution is 2.21. The lowest BCUT2D eigenvalue weighted by Crippen LogP contribution is -2.40. The lowest BCUT2D eigenvalue weighted by Gasteiger charge is -2.27. The number of aliphatic carboxylic acids is 1. The van der Waals surface area contributed by atoms with E-state index >= 15 is 0 Å². The quantitative estimate of drug-likeness (QED) is 0.445. The van der Waals surface area contributed by atoms with Gasteiger partial charge >= 0.3 is 13.1 Å². The van der Waals surface area contributed by atoms with E-state index in [0.717, 1.165) is 6.54 Å². The van der Waals surface area contributed by atoms with E-state index in [2.05, 4.69) is 5.32 Å². The predicted molar refractivity (Wildman–Crippen MR) is 51.7 cm³/mol. The average Bonchev–Trinajstić information content (AvgIpc) is 2.15. The minimum atomic E-state index is -1.28. The minimum absolute atomic E-state index is 0.242. The lowest BCUT2D eigenvalue weighted by molar-refractivity contribution is -0.142. The maximum atomic E-state index is 10.7. The fourth-order valence-corrected chi connectivity index (χ4v) is 1.82. The number of nitrogens with one attached hydrogen (secondary N) is 1. The normalized spacial score (nSPS) is 27.3. The molecule has 80 valence electrons. The molecule has 6 heteroatoms. The summed E-state index contributed by atoms with van der Waals surface area (Å²) in [7, 11) is -1.28. The first-order valence-corrected chi connectivity index (χ1v) is 4.89. The van der Waals surface area contributed by atoms with Gasteiger partial charge in [0.2, 0.25) is 0 Å². The van der Waals surface area contributed by atoms with Crippen molar-refractivity contribution in [1.29, 1.82) is 0 Å².